The molecule has 0 saturated carbocycles. The Labute approximate surface area is 185 Å². The molecule has 1 heterocycles. The normalized spacial score (nSPS) is 11.3. The van der Waals surface area contributed by atoms with Crippen molar-refractivity contribution in [1.82, 2.24) is 4.98 Å². The Bertz CT molecular complexity index is 1370. The minimum absolute atomic E-state index is 0.284. The third kappa shape index (κ3) is 5.38. The van der Waals surface area contributed by atoms with Crippen LogP contribution in [0.4, 0.5) is 34.8 Å². The van der Waals surface area contributed by atoms with Crippen LogP contribution in [0.3, 0.4) is 0 Å². The maximum atomic E-state index is 14.8. The minimum Gasteiger partial charge on any atom is -0.478 e. The zero-order chi connectivity index (χ0) is 24.5. The Morgan fingerprint density at radius 1 is 1.06 bits per heavy atom. The van der Waals surface area contributed by atoms with Gasteiger partial charge >= 0.3 is 5.97 Å². The molecule has 8 nitrogen and oxygen atoms in total. The molecule has 13 heteroatoms. The summed E-state index contributed by atoms with van der Waals surface area (Å²) >= 11 is 0. The van der Waals surface area contributed by atoms with Crippen LogP contribution < -0.4 is 15.2 Å². The molecule has 0 aliphatic rings. The highest BCUT2D eigenvalue weighted by Crippen LogP contribution is 2.32. The number of hydrogen-bond donors (Lipinski definition) is 4. The molecular formula is C20H16F4N4O4S. The average Bonchev–Trinajstić information content (AvgIpc) is 2.70. The Balaban J connectivity index is 2.05. The van der Waals surface area contributed by atoms with Gasteiger partial charge in [-0.1, -0.05) is 6.07 Å². The SMILES string of the molecule is Cc1ccc(Nc2c(C(=O)O)cc(Cc3ccnc(NS(N)(=O)=O)c3F)c(F)c2F)c(F)c1. The number of aromatic carboxylic acids is 1. The number of carboxylic acids is 1. The van der Waals surface area contributed by atoms with Gasteiger partial charge in [-0.25, -0.2) is 32.5 Å². The number of aromatic nitrogens is 1. The molecule has 0 unspecified atom stereocenters. The van der Waals surface area contributed by atoms with Gasteiger partial charge in [0.2, 0.25) is 0 Å². The lowest BCUT2D eigenvalue weighted by Gasteiger charge is -2.15. The summed E-state index contributed by atoms with van der Waals surface area (Å²) in [6.45, 7) is 1.60. The van der Waals surface area contributed by atoms with Crippen LogP contribution in [0.5, 0.6) is 0 Å². The van der Waals surface area contributed by atoms with Crippen LogP contribution in [0.25, 0.3) is 0 Å². The molecule has 0 amide bonds. The molecule has 3 aromatic rings. The van der Waals surface area contributed by atoms with Gasteiger partial charge in [0.25, 0.3) is 10.2 Å². The van der Waals surface area contributed by atoms with E-state index in [1.54, 1.807) is 11.6 Å². The Hall–Kier alpha value is -3.71. The van der Waals surface area contributed by atoms with Gasteiger partial charge in [-0.05, 0) is 47.9 Å². The first-order valence-electron chi connectivity index (χ1n) is 9.08. The number of nitrogens with one attached hydrogen (secondary N) is 2. The van der Waals surface area contributed by atoms with Gasteiger partial charge in [0.05, 0.1) is 16.9 Å². The topological polar surface area (TPSA) is 134 Å². The van der Waals surface area contributed by atoms with Gasteiger partial charge in [0.1, 0.15) is 5.82 Å². The molecule has 0 aliphatic heterocycles. The number of hydrogen-bond acceptors (Lipinski definition) is 5. The lowest BCUT2D eigenvalue weighted by molar-refractivity contribution is 0.0697. The second-order valence-electron chi connectivity index (χ2n) is 6.96. The first-order valence-corrected chi connectivity index (χ1v) is 10.6. The summed E-state index contributed by atoms with van der Waals surface area (Å²) in [5.74, 6) is -7.59. The highest BCUT2D eigenvalue weighted by molar-refractivity contribution is 7.90. The Morgan fingerprint density at radius 2 is 1.76 bits per heavy atom. The van der Waals surface area contributed by atoms with E-state index in [9.17, 15) is 35.9 Å². The quantitative estimate of drug-likeness (QED) is 0.379. The lowest BCUT2D eigenvalue weighted by atomic mass is 10.00. The molecule has 0 bridgehead atoms. The monoisotopic (exact) mass is 484 g/mol. The standard InChI is InChI=1S/C20H16F4N4O4S/c1-9-2-3-14(13(21)6-9)27-18-12(20(29)30)8-11(15(22)17(18)24)7-10-4-5-26-19(16(10)23)28-33(25,31)32/h2-6,8,27H,7H2,1H3,(H,26,28)(H,29,30)(H2,25,31,32). The van der Waals surface area contributed by atoms with Crippen molar-refractivity contribution in [3.8, 4) is 0 Å². The predicted octanol–water partition coefficient (Wildman–Crippen LogP) is 3.59. The number of nitrogens with two attached hydrogens (primary N) is 1. The van der Waals surface area contributed by atoms with Crippen molar-refractivity contribution >= 4 is 33.4 Å². The van der Waals surface area contributed by atoms with E-state index in [1.165, 1.54) is 12.1 Å². The molecule has 5 N–H and O–H groups in total. The molecule has 174 valence electrons. The fourth-order valence-corrected chi connectivity index (χ4v) is 3.40. The van der Waals surface area contributed by atoms with Crippen LogP contribution in [0.15, 0.2) is 36.5 Å². The summed E-state index contributed by atoms with van der Waals surface area (Å²) in [6, 6.07) is 5.66. The van der Waals surface area contributed by atoms with E-state index in [0.717, 1.165) is 24.4 Å². The smallest absolute Gasteiger partial charge is 0.337 e. The number of carboxylic acid groups (broad SMARTS) is 1. The van der Waals surface area contributed by atoms with E-state index in [4.69, 9.17) is 5.14 Å². The summed E-state index contributed by atoms with van der Waals surface area (Å²) < 4.78 is 82.2. The molecule has 0 radical (unpaired) electrons. The number of carbonyl (C=O) groups is 1. The molecule has 0 spiro atoms. The van der Waals surface area contributed by atoms with Crippen LogP contribution in [0.1, 0.15) is 27.0 Å². The Morgan fingerprint density at radius 3 is 2.36 bits per heavy atom. The van der Waals surface area contributed by atoms with Crippen molar-refractivity contribution in [2.24, 2.45) is 5.14 Å². The largest absolute Gasteiger partial charge is 0.478 e. The number of rotatable bonds is 7. The maximum absolute atomic E-state index is 14.8. The molecule has 2 aromatic carbocycles. The van der Waals surface area contributed by atoms with Gasteiger partial charge in [0, 0.05) is 12.6 Å². The van der Waals surface area contributed by atoms with Gasteiger partial charge in [-0.2, -0.15) is 8.42 Å². The van der Waals surface area contributed by atoms with E-state index in [0.29, 0.717) is 5.56 Å². The minimum atomic E-state index is -4.37. The summed E-state index contributed by atoms with van der Waals surface area (Å²) in [4.78, 5) is 15.2. The molecule has 33 heavy (non-hydrogen) atoms. The first kappa shape index (κ1) is 23.9. The van der Waals surface area contributed by atoms with Crippen molar-refractivity contribution in [2.45, 2.75) is 13.3 Å². The summed E-state index contributed by atoms with van der Waals surface area (Å²) in [5, 5.41) is 16.5. The molecule has 3 rings (SSSR count). The Kier molecular flexibility index (Phi) is 6.56. The van der Waals surface area contributed by atoms with Gasteiger partial charge in [-0.3, -0.25) is 4.72 Å². The lowest BCUT2D eigenvalue weighted by Crippen LogP contribution is -2.23. The fraction of sp³-hybridized carbons (Fsp3) is 0.100. The van der Waals surface area contributed by atoms with E-state index in [-0.39, 0.29) is 11.3 Å². The summed E-state index contributed by atoms with van der Waals surface area (Å²) in [5.41, 5.74) is -2.16. The van der Waals surface area contributed by atoms with Gasteiger partial charge in [-0.15, -0.1) is 0 Å². The van der Waals surface area contributed by atoms with E-state index in [2.05, 4.69) is 10.3 Å². The second-order valence-corrected chi connectivity index (χ2v) is 8.25. The number of halogens is 4. The molecule has 0 atom stereocenters. The predicted molar refractivity (Wildman–Crippen MR) is 111 cm³/mol. The van der Waals surface area contributed by atoms with Crippen molar-refractivity contribution in [2.75, 3.05) is 10.0 Å². The second kappa shape index (κ2) is 9.03. The van der Waals surface area contributed by atoms with E-state index >= 15 is 0 Å². The van der Waals surface area contributed by atoms with Crippen LogP contribution >= 0.6 is 0 Å². The summed E-state index contributed by atoms with van der Waals surface area (Å²) in [6.07, 6.45) is 0.338. The van der Waals surface area contributed by atoms with Crippen molar-refractivity contribution < 1.29 is 35.9 Å². The zero-order valence-electron chi connectivity index (χ0n) is 16.8. The maximum Gasteiger partial charge on any atom is 0.337 e. The van der Waals surface area contributed by atoms with Crippen LogP contribution in [0, 0.1) is 30.2 Å². The number of aryl methyl sites for hydroxylation is 1. The number of pyridine rings is 1. The fourth-order valence-electron chi connectivity index (χ4n) is 2.99. The van der Waals surface area contributed by atoms with E-state index < -0.39 is 68.5 Å². The highest BCUT2D eigenvalue weighted by atomic mass is 32.2. The molecular weight excluding hydrogens is 468 g/mol. The zero-order valence-corrected chi connectivity index (χ0v) is 17.6. The van der Waals surface area contributed by atoms with Crippen LogP contribution in [0.2, 0.25) is 0 Å². The van der Waals surface area contributed by atoms with Crippen molar-refractivity contribution in [3.05, 3.63) is 82.1 Å². The van der Waals surface area contributed by atoms with Gasteiger partial charge in [0.15, 0.2) is 23.3 Å². The van der Waals surface area contributed by atoms with E-state index in [1.807, 2.05) is 0 Å². The summed E-state index contributed by atoms with van der Waals surface area (Å²) in [7, 11) is -4.37. The van der Waals surface area contributed by atoms with Gasteiger partial charge < -0.3 is 10.4 Å². The first-order chi connectivity index (χ1) is 15.4. The number of nitrogens with zero attached hydrogens (tertiary/aromatic N) is 1. The third-order valence-electron chi connectivity index (χ3n) is 4.49. The molecule has 0 fully saturated rings. The molecule has 0 aliphatic carbocycles. The molecule has 0 saturated heterocycles. The average molecular weight is 484 g/mol. The van der Waals surface area contributed by atoms with Crippen LogP contribution in [-0.2, 0) is 16.6 Å². The highest BCUT2D eigenvalue weighted by Gasteiger charge is 2.24. The van der Waals surface area contributed by atoms with Crippen molar-refractivity contribution in [3.63, 3.8) is 0 Å². The van der Waals surface area contributed by atoms with Crippen molar-refractivity contribution in [1.29, 1.82) is 0 Å². The van der Waals surface area contributed by atoms with Crippen LogP contribution in [-0.4, -0.2) is 24.5 Å². The number of benzene rings is 2. The molecule has 1 aromatic heterocycles. The third-order valence-corrected chi connectivity index (χ3v) is 4.96. The number of anilines is 3.